The van der Waals surface area contributed by atoms with E-state index in [-0.39, 0.29) is 10.8 Å². The lowest BCUT2D eigenvalue weighted by molar-refractivity contribution is 0.660. The quantitative estimate of drug-likeness (QED) is 0.169. The summed E-state index contributed by atoms with van der Waals surface area (Å²) in [5.74, 6) is 0. The van der Waals surface area contributed by atoms with Crippen molar-refractivity contribution in [1.29, 1.82) is 0 Å². The predicted molar refractivity (Wildman–Crippen MR) is 249 cm³/mol. The standard InChI is InChI=1S/C58H43N/c1-57(2)48-26-9-7-22-46(48)55-50(57)28-14-30-52(55)59(53-31-15-29-51-56(53)47-23-8-10-27-49(47)58(51,3)4)39-19-12-17-37(35-39)36-16-11-18-38(34-36)40-32-33-45-42-21-6-5-20-41(42)44-25-13-24-43(40)54(44)45/h5-35H,1-4H3. The third-order valence-electron chi connectivity index (χ3n) is 13.8. The summed E-state index contributed by atoms with van der Waals surface area (Å²) in [6, 6.07) is 70.5. The van der Waals surface area contributed by atoms with Gasteiger partial charge in [-0.25, -0.2) is 0 Å². The molecule has 1 heteroatoms. The molecule has 0 N–H and O–H groups in total. The average Bonchev–Trinajstić information content (AvgIpc) is 3.82. The van der Waals surface area contributed by atoms with Gasteiger partial charge in [-0.1, -0.05) is 185 Å². The molecule has 12 rings (SSSR count). The molecule has 3 aliphatic rings. The lowest BCUT2D eigenvalue weighted by Crippen LogP contribution is -2.17. The van der Waals surface area contributed by atoms with E-state index in [2.05, 4.69) is 221 Å². The molecule has 3 aliphatic carbocycles. The van der Waals surface area contributed by atoms with E-state index in [1.165, 1.54) is 111 Å². The highest BCUT2D eigenvalue weighted by Gasteiger charge is 2.40. The van der Waals surface area contributed by atoms with Crippen molar-refractivity contribution >= 4 is 27.8 Å². The van der Waals surface area contributed by atoms with Crippen LogP contribution in [0.25, 0.3) is 77.5 Å². The van der Waals surface area contributed by atoms with Gasteiger partial charge in [0.05, 0.1) is 11.4 Å². The van der Waals surface area contributed by atoms with Crippen LogP contribution < -0.4 is 4.90 Å². The second-order valence-electron chi connectivity index (χ2n) is 17.6. The van der Waals surface area contributed by atoms with Crippen molar-refractivity contribution in [3.05, 3.63) is 210 Å². The minimum atomic E-state index is -0.117. The molecule has 0 amide bonds. The van der Waals surface area contributed by atoms with Gasteiger partial charge in [0.15, 0.2) is 0 Å². The second kappa shape index (κ2) is 12.3. The van der Waals surface area contributed by atoms with Crippen molar-refractivity contribution in [2.24, 2.45) is 0 Å². The third-order valence-corrected chi connectivity index (χ3v) is 13.8. The topological polar surface area (TPSA) is 3.24 Å². The summed E-state index contributed by atoms with van der Waals surface area (Å²) in [7, 11) is 0. The lowest BCUT2D eigenvalue weighted by Gasteiger charge is -2.31. The first-order valence-corrected chi connectivity index (χ1v) is 20.9. The molecule has 0 saturated carbocycles. The normalized spacial score (nSPS) is 14.4. The summed E-state index contributed by atoms with van der Waals surface area (Å²) in [5, 5.41) is 2.66. The van der Waals surface area contributed by atoms with E-state index >= 15 is 0 Å². The van der Waals surface area contributed by atoms with Gasteiger partial charge in [-0.15, -0.1) is 0 Å². The van der Waals surface area contributed by atoms with E-state index in [9.17, 15) is 0 Å². The van der Waals surface area contributed by atoms with Gasteiger partial charge in [-0.3, -0.25) is 0 Å². The number of anilines is 3. The molecular formula is C58H43N. The van der Waals surface area contributed by atoms with Crippen molar-refractivity contribution in [3.8, 4) is 66.8 Å². The van der Waals surface area contributed by atoms with Crippen LogP contribution in [0, 0.1) is 0 Å². The van der Waals surface area contributed by atoms with Gasteiger partial charge in [0, 0.05) is 27.6 Å². The van der Waals surface area contributed by atoms with Crippen LogP contribution in [-0.2, 0) is 10.8 Å². The Morgan fingerprint density at radius 2 is 0.763 bits per heavy atom. The molecule has 0 aliphatic heterocycles. The largest absolute Gasteiger partial charge is 0.309 e. The van der Waals surface area contributed by atoms with Crippen molar-refractivity contribution in [2.75, 3.05) is 4.90 Å². The summed E-state index contributed by atoms with van der Waals surface area (Å²) >= 11 is 0. The number of hydrogen-bond acceptors (Lipinski definition) is 1. The van der Waals surface area contributed by atoms with Gasteiger partial charge in [0.1, 0.15) is 0 Å². The molecule has 59 heavy (non-hydrogen) atoms. The number of hydrogen-bond donors (Lipinski definition) is 0. The fraction of sp³-hybridized carbons (Fsp3) is 0.103. The van der Waals surface area contributed by atoms with Crippen LogP contribution in [0.1, 0.15) is 49.9 Å². The van der Waals surface area contributed by atoms with Crippen LogP contribution in [0.4, 0.5) is 17.1 Å². The van der Waals surface area contributed by atoms with Crippen molar-refractivity contribution in [2.45, 2.75) is 38.5 Å². The molecule has 0 saturated heterocycles. The zero-order chi connectivity index (χ0) is 39.6. The Bertz CT molecular complexity index is 3100. The Balaban J connectivity index is 1.05. The van der Waals surface area contributed by atoms with Crippen LogP contribution in [-0.4, -0.2) is 0 Å². The smallest absolute Gasteiger partial charge is 0.0543 e. The second-order valence-corrected chi connectivity index (χ2v) is 17.6. The van der Waals surface area contributed by atoms with Gasteiger partial charge in [0.25, 0.3) is 0 Å². The molecule has 0 heterocycles. The van der Waals surface area contributed by atoms with Gasteiger partial charge in [0.2, 0.25) is 0 Å². The first kappa shape index (κ1) is 34.1. The maximum Gasteiger partial charge on any atom is 0.0543 e. The first-order valence-electron chi connectivity index (χ1n) is 20.9. The fourth-order valence-corrected chi connectivity index (χ4v) is 11.0. The molecule has 0 atom stereocenters. The lowest BCUT2D eigenvalue weighted by atomic mass is 9.82. The summed E-state index contributed by atoms with van der Waals surface area (Å²) in [6.45, 7) is 9.50. The number of rotatable bonds is 5. The molecule has 9 aromatic rings. The van der Waals surface area contributed by atoms with Gasteiger partial charge in [-0.05, 0) is 119 Å². The molecule has 0 aromatic heterocycles. The molecule has 0 unspecified atom stereocenters. The minimum absolute atomic E-state index is 0.117. The van der Waals surface area contributed by atoms with Crippen molar-refractivity contribution < 1.29 is 0 Å². The van der Waals surface area contributed by atoms with Gasteiger partial charge in [-0.2, -0.15) is 0 Å². The number of nitrogens with zero attached hydrogens (tertiary/aromatic N) is 1. The SMILES string of the molecule is CC1(C)c2ccccc2-c2c(N(c3cccc(-c4cccc(-c5ccc6c7c(cccc57)-c5ccccc5-6)c4)c3)c3cccc4c3-c3ccccc3C4(C)C)cccc21. The van der Waals surface area contributed by atoms with E-state index in [0.29, 0.717) is 0 Å². The van der Waals surface area contributed by atoms with Crippen LogP contribution in [0.5, 0.6) is 0 Å². The Morgan fingerprint density at radius 3 is 1.39 bits per heavy atom. The Kier molecular flexibility index (Phi) is 7.10. The zero-order valence-corrected chi connectivity index (χ0v) is 33.8. The molecule has 1 nitrogen and oxygen atoms in total. The maximum atomic E-state index is 2.56. The first-order chi connectivity index (χ1) is 28.8. The van der Waals surface area contributed by atoms with E-state index in [4.69, 9.17) is 0 Å². The van der Waals surface area contributed by atoms with E-state index < -0.39 is 0 Å². The molecule has 0 fully saturated rings. The molecule has 0 radical (unpaired) electrons. The van der Waals surface area contributed by atoms with Crippen molar-refractivity contribution in [1.82, 2.24) is 0 Å². The zero-order valence-electron chi connectivity index (χ0n) is 33.8. The van der Waals surface area contributed by atoms with Crippen molar-refractivity contribution in [3.63, 3.8) is 0 Å². The number of benzene rings is 9. The summed E-state index contributed by atoms with van der Waals surface area (Å²) < 4.78 is 0. The molecular weight excluding hydrogens is 711 g/mol. The van der Waals surface area contributed by atoms with Crippen LogP contribution in [0.3, 0.4) is 0 Å². The monoisotopic (exact) mass is 753 g/mol. The highest BCUT2D eigenvalue weighted by atomic mass is 15.1. The van der Waals surface area contributed by atoms with E-state index in [1.807, 2.05) is 0 Å². The maximum absolute atomic E-state index is 2.56. The highest BCUT2D eigenvalue weighted by Crippen LogP contribution is 2.58. The fourth-order valence-electron chi connectivity index (χ4n) is 11.0. The highest BCUT2D eigenvalue weighted by molar-refractivity contribution is 6.18. The minimum Gasteiger partial charge on any atom is -0.309 e. The average molecular weight is 754 g/mol. The van der Waals surface area contributed by atoms with Crippen LogP contribution in [0.2, 0.25) is 0 Å². The summed E-state index contributed by atoms with van der Waals surface area (Å²) in [4.78, 5) is 2.56. The molecule has 280 valence electrons. The van der Waals surface area contributed by atoms with E-state index in [0.717, 1.165) is 5.69 Å². The van der Waals surface area contributed by atoms with Crippen LogP contribution >= 0.6 is 0 Å². The molecule has 0 spiro atoms. The Hall–Kier alpha value is -6.96. The van der Waals surface area contributed by atoms with Gasteiger partial charge < -0.3 is 4.90 Å². The molecule has 9 aromatic carbocycles. The molecule has 0 bridgehead atoms. The van der Waals surface area contributed by atoms with Gasteiger partial charge >= 0.3 is 0 Å². The third kappa shape index (κ3) is 4.73. The summed E-state index contributed by atoms with van der Waals surface area (Å²) in [5.41, 5.74) is 24.3. The Labute approximate surface area is 346 Å². The summed E-state index contributed by atoms with van der Waals surface area (Å²) in [6.07, 6.45) is 0. The van der Waals surface area contributed by atoms with E-state index in [1.54, 1.807) is 0 Å². The predicted octanol–water partition coefficient (Wildman–Crippen LogP) is 15.9. The Morgan fingerprint density at radius 1 is 0.322 bits per heavy atom. The van der Waals surface area contributed by atoms with Crippen LogP contribution in [0.15, 0.2) is 188 Å². The number of fused-ring (bicyclic) bond motifs is 9.